The van der Waals surface area contributed by atoms with E-state index in [0.717, 1.165) is 29.3 Å². The van der Waals surface area contributed by atoms with Crippen molar-refractivity contribution in [1.82, 2.24) is 20.5 Å². The molecule has 0 bridgehead atoms. The Balaban J connectivity index is 1.68. The number of carbonyl (C=O) groups is 4. The molecule has 214 valence electrons. The fourth-order valence-corrected chi connectivity index (χ4v) is 5.11. The zero-order chi connectivity index (χ0) is 28.5. The summed E-state index contributed by atoms with van der Waals surface area (Å²) >= 11 is 0. The number of rotatable bonds is 14. The fourth-order valence-electron chi connectivity index (χ4n) is 5.11. The Bertz CT molecular complexity index is 1150. The van der Waals surface area contributed by atoms with Crippen LogP contribution < -0.4 is 22.1 Å². The minimum absolute atomic E-state index is 0.0511. The van der Waals surface area contributed by atoms with Gasteiger partial charge in [-0.3, -0.25) is 14.4 Å². The van der Waals surface area contributed by atoms with Crippen molar-refractivity contribution in [3.63, 3.8) is 0 Å². The molecule has 11 nitrogen and oxygen atoms in total. The molecule has 11 heteroatoms. The van der Waals surface area contributed by atoms with Gasteiger partial charge in [-0.05, 0) is 56.2 Å². The molecule has 0 saturated carbocycles. The molecular weight excluding hydrogens is 500 g/mol. The summed E-state index contributed by atoms with van der Waals surface area (Å²) in [7, 11) is 0. The quantitative estimate of drug-likeness (QED) is 0.194. The fraction of sp³-hybridized carbons (Fsp3) is 0.571. The number of H-pyrrole nitrogens is 1. The largest absolute Gasteiger partial charge is 0.480 e. The molecule has 4 unspecified atom stereocenters. The molecule has 2 heterocycles. The maximum atomic E-state index is 13.3. The van der Waals surface area contributed by atoms with E-state index in [2.05, 4.69) is 15.6 Å². The molecule has 1 fully saturated rings. The maximum absolute atomic E-state index is 13.3. The Morgan fingerprint density at radius 2 is 1.87 bits per heavy atom. The Kier molecular flexibility index (Phi) is 10.9. The number of carboxylic acid groups (broad SMARTS) is 1. The van der Waals surface area contributed by atoms with Crippen molar-refractivity contribution >= 4 is 34.6 Å². The van der Waals surface area contributed by atoms with Gasteiger partial charge in [0.05, 0.1) is 6.04 Å². The average molecular weight is 543 g/mol. The molecule has 1 aliphatic rings. The van der Waals surface area contributed by atoms with Gasteiger partial charge in [0.15, 0.2) is 0 Å². The van der Waals surface area contributed by atoms with Crippen LogP contribution in [0.3, 0.4) is 0 Å². The Morgan fingerprint density at radius 1 is 1.13 bits per heavy atom. The Labute approximate surface area is 229 Å². The van der Waals surface area contributed by atoms with Gasteiger partial charge in [0.2, 0.25) is 17.7 Å². The minimum Gasteiger partial charge on any atom is -0.480 e. The first-order chi connectivity index (χ1) is 18.6. The van der Waals surface area contributed by atoms with Gasteiger partial charge in [-0.15, -0.1) is 0 Å². The van der Waals surface area contributed by atoms with E-state index in [1.54, 1.807) is 6.20 Å². The van der Waals surface area contributed by atoms with Crippen LogP contribution in [0.15, 0.2) is 30.5 Å². The topological polar surface area (TPSA) is 184 Å². The van der Waals surface area contributed by atoms with Gasteiger partial charge in [-0.2, -0.15) is 0 Å². The SMILES string of the molecule is CC(C)CC(NC(=O)C1CCCN1C(=O)C(N)CCCCN)C(=O)NC(Cc1c[nH]c2ccccc12)C(=O)O. The highest BCUT2D eigenvalue weighted by molar-refractivity contribution is 5.94. The number of aromatic amines is 1. The van der Waals surface area contributed by atoms with E-state index in [-0.39, 0.29) is 18.2 Å². The second kappa shape index (κ2) is 14.1. The maximum Gasteiger partial charge on any atom is 0.326 e. The summed E-state index contributed by atoms with van der Waals surface area (Å²) in [4.78, 5) is 56.3. The molecule has 39 heavy (non-hydrogen) atoms. The summed E-state index contributed by atoms with van der Waals surface area (Å²) in [5.41, 5.74) is 13.3. The Morgan fingerprint density at radius 3 is 2.56 bits per heavy atom. The number of para-hydroxylation sites is 1. The van der Waals surface area contributed by atoms with E-state index >= 15 is 0 Å². The molecule has 3 rings (SSSR count). The number of carboxylic acids is 1. The van der Waals surface area contributed by atoms with E-state index in [1.807, 2.05) is 38.1 Å². The van der Waals surface area contributed by atoms with Crippen LogP contribution >= 0.6 is 0 Å². The number of hydrogen-bond donors (Lipinski definition) is 6. The van der Waals surface area contributed by atoms with E-state index in [1.165, 1.54) is 4.90 Å². The van der Waals surface area contributed by atoms with Crippen LogP contribution in [0.5, 0.6) is 0 Å². The van der Waals surface area contributed by atoms with Crippen molar-refractivity contribution in [1.29, 1.82) is 0 Å². The van der Waals surface area contributed by atoms with Crippen LogP contribution in [-0.4, -0.2) is 75.9 Å². The van der Waals surface area contributed by atoms with Crippen LogP contribution in [-0.2, 0) is 25.6 Å². The molecule has 2 aromatic rings. The zero-order valence-corrected chi connectivity index (χ0v) is 22.8. The van der Waals surface area contributed by atoms with E-state index in [9.17, 15) is 24.3 Å². The monoisotopic (exact) mass is 542 g/mol. The third-order valence-electron chi connectivity index (χ3n) is 7.18. The standard InChI is InChI=1S/C28H42N6O5/c1-17(2)14-22(32-26(36)24-11-7-13-34(24)27(37)20(30)9-5-6-12-29)25(35)33-23(28(38)39)15-18-16-31-21-10-4-3-8-19(18)21/h3-4,8,10,16-17,20,22-24,31H,5-7,9,11-15,29-30H2,1-2H3,(H,32,36)(H,33,35)(H,38,39). The molecule has 4 atom stereocenters. The zero-order valence-electron chi connectivity index (χ0n) is 22.8. The second-order valence-electron chi connectivity index (χ2n) is 10.7. The third-order valence-corrected chi connectivity index (χ3v) is 7.18. The van der Waals surface area contributed by atoms with Gasteiger partial charge in [-0.25, -0.2) is 4.79 Å². The molecule has 0 aliphatic carbocycles. The number of nitrogens with one attached hydrogen (secondary N) is 3. The van der Waals surface area contributed by atoms with Crippen LogP contribution in [0, 0.1) is 5.92 Å². The third kappa shape index (κ3) is 8.03. The van der Waals surface area contributed by atoms with Gasteiger partial charge >= 0.3 is 5.97 Å². The lowest BCUT2D eigenvalue weighted by Gasteiger charge is -2.29. The van der Waals surface area contributed by atoms with E-state index in [0.29, 0.717) is 38.8 Å². The van der Waals surface area contributed by atoms with Gasteiger partial charge in [-0.1, -0.05) is 38.5 Å². The number of amides is 3. The van der Waals surface area contributed by atoms with Gasteiger partial charge in [0.1, 0.15) is 18.1 Å². The highest BCUT2D eigenvalue weighted by atomic mass is 16.4. The number of likely N-dealkylation sites (tertiary alicyclic amines) is 1. The van der Waals surface area contributed by atoms with E-state index in [4.69, 9.17) is 11.5 Å². The molecule has 0 radical (unpaired) electrons. The van der Waals surface area contributed by atoms with Crippen LogP contribution in [0.25, 0.3) is 10.9 Å². The second-order valence-corrected chi connectivity index (χ2v) is 10.7. The summed E-state index contributed by atoms with van der Waals surface area (Å²) < 4.78 is 0. The summed E-state index contributed by atoms with van der Waals surface area (Å²) in [6.45, 7) is 4.78. The average Bonchev–Trinajstić information content (AvgIpc) is 3.55. The number of carbonyl (C=O) groups excluding carboxylic acids is 3. The Hall–Kier alpha value is -3.44. The molecule has 0 spiro atoms. The van der Waals surface area contributed by atoms with Crippen LogP contribution in [0.1, 0.15) is 57.9 Å². The predicted molar refractivity (Wildman–Crippen MR) is 149 cm³/mol. The highest BCUT2D eigenvalue weighted by Crippen LogP contribution is 2.21. The van der Waals surface area contributed by atoms with Crippen molar-refractivity contribution in [2.75, 3.05) is 13.1 Å². The number of hydrogen-bond acceptors (Lipinski definition) is 6. The van der Waals surface area contributed by atoms with Crippen LogP contribution in [0.4, 0.5) is 0 Å². The summed E-state index contributed by atoms with van der Waals surface area (Å²) in [6.07, 6.45) is 5.27. The summed E-state index contributed by atoms with van der Waals surface area (Å²) in [5, 5.41) is 16.2. The predicted octanol–water partition coefficient (Wildman–Crippen LogP) is 1.26. The lowest BCUT2D eigenvalue weighted by molar-refractivity contribution is -0.143. The highest BCUT2D eigenvalue weighted by Gasteiger charge is 2.38. The number of fused-ring (bicyclic) bond motifs is 1. The first kappa shape index (κ1) is 30.1. The molecule has 1 saturated heterocycles. The molecule has 1 aromatic carbocycles. The van der Waals surface area contributed by atoms with Crippen LogP contribution in [0.2, 0.25) is 0 Å². The van der Waals surface area contributed by atoms with Crippen molar-refractivity contribution in [3.8, 4) is 0 Å². The van der Waals surface area contributed by atoms with Gasteiger partial charge in [0, 0.05) is 30.1 Å². The number of unbranched alkanes of at least 4 members (excludes halogenated alkanes) is 1. The molecular formula is C28H42N6O5. The minimum atomic E-state index is -1.18. The first-order valence-corrected chi connectivity index (χ1v) is 13.8. The summed E-state index contributed by atoms with van der Waals surface area (Å²) in [5.74, 6) is -2.40. The first-order valence-electron chi connectivity index (χ1n) is 13.8. The van der Waals surface area contributed by atoms with Crippen molar-refractivity contribution in [2.45, 2.75) is 83.0 Å². The van der Waals surface area contributed by atoms with Gasteiger partial charge < -0.3 is 37.1 Å². The van der Waals surface area contributed by atoms with Crippen molar-refractivity contribution in [3.05, 3.63) is 36.0 Å². The number of aromatic nitrogens is 1. The molecule has 1 aromatic heterocycles. The molecule has 3 amide bonds. The van der Waals surface area contributed by atoms with E-state index < -0.39 is 42.0 Å². The van der Waals surface area contributed by atoms with Crippen molar-refractivity contribution in [2.24, 2.45) is 17.4 Å². The lowest BCUT2D eigenvalue weighted by atomic mass is 10.0. The number of nitrogens with zero attached hydrogens (tertiary/aromatic N) is 1. The lowest BCUT2D eigenvalue weighted by Crippen LogP contribution is -2.57. The molecule has 1 aliphatic heterocycles. The smallest absolute Gasteiger partial charge is 0.326 e. The number of nitrogens with two attached hydrogens (primary N) is 2. The normalized spacial score (nSPS) is 17.7. The number of benzene rings is 1. The van der Waals surface area contributed by atoms with Gasteiger partial charge in [0.25, 0.3) is 0 Å². The summed E-state index contributed by atoms with van der Waals surface area (Å²) in [6, 6.07) is 3.98. The van der Waals surface area contributed by atoms with Crippen molar-refractivity contribution < 1.29 is 24.3 Å². The number of aliphatic carboxylic acids is 1. The molecule has 8 N–H and O–H groups in total.